The maximum Gasteiger partial charge on any atom is 0.247 e. The molecule has 1 heterocycles. The molecule has 0 spiro atoms. The first-order valence-corrected chi connectivity index (χ1v) is 13.8. The van der Waals surface area contributed by atoms with Crippen molar-refractivity contribution in [3.63, 3.8) is 0 Å². The monoisotopic (exact) mass is 516 g/mol. The van der Waals surface area contributed by atoms with Gasteiger partial charge in [-0.25, -0.2) is 12.8 Å². The minimum atomic E-state index is -3.89. The van der Waals surface area contributed by atoms with Crippen LogP contribution in [0, 0.1) is 29.5 Å². The highest BCUT2D eigenvalue weighted by Gasteiger charge is 2.38. The average molecular weight is 517 g/mol. The van der Waals surface area contributed by atoms with E-state index in [1.54, 1.807) is 37.3 Å². The largest absolute Gasteiger partial charge is 0.487 e. The molecule has 36 heavy (non-hydrogen) atoms. The Morgan fingerprint density at radius 2 is 1.89 bits per heavy atom. The van der Waals surface area contributed by atoms with E-state index in [4.69, 9.17) is 4.74 Å². The second-order valence-electron chi connectivity index (χ2n) is 10.1. The minimum Gasteiger partial charge on any atom is -0.487 e. The summed E-state index contributed by atoms with van der Waals surface area (Å²) in [5, 5.41) is 9.81. The Hall–Kier alpha value is -2.44. The number of aliphatic hydroxyl groups excluding tert-OH is 1. The summed E-state index contributed by atoms with van der Waals surface area (Å²) in [5.41, 5.74) is 1.66. The van der Waals surface area contributed by atoms with Crippen LogP contribution in [0.25, 0.3) is 0 Å². The van der Waals surface area contributed by atoms with Crippen molar-refractivity contribution in [3.05, 3.63) is 59.4 Å². The average Bonchev–Trinajstić information content (AvgIpc) is 2.82. The van der Waals surface area contributed by atoms with Gasteiger partial charge in [0.1, 0.15) is 22.6 Å². The quantitative estimate of drug-likeness (QED) is 0.561. The maximum absolute atomic E-state index is 13.6. The lowest BCUT2D eigenvalue weighted by Crippen LogP contribution is -2.49. The lowest BCUT2D eigenvalue weighted by atomic mass is 10.0. The number of benzene rings is 2. The topological polar surface area (TPSA) is 70.1 Å². The fraction of sp³-hybridized carbons (Fsp3) is 0.500. The van der Waals surface area contributed by atoms with Crippen LogP contribution in [-0.2, 0) is 16.6 Å². The van der Waals surface area contributed by atoms with Crippen molar-refractivity contribution < 1.29 is 22.7 Å². The highest BCUT2D eigenvalue weighted by atomic mass is 32.2. The molecule has 0 amide bonds. The van der Waals surface area contributed by atoms with Crippen LogP contribution in [0.5, 0.6) is 5.75 Å². The van der Waals surface area contributed by atoms with Crippen LogP contribution in [0.1, 0.15) is 45.2 Å². The molecule has 196 valence electrons. The molecular formula is C28H37FN2O4S. The summed E-state index contributed by atoms with van der Waals surface area (Å²) in [5.74, 6) is 6.54. The molecule has 1 N–H and O–H groups in total. The molecular weight excluding hydrogens is 479 g/mol. The number of hydrogen-bond donors (Lipinski definition) is 1. The molecule has 0 saturated heterocycles. The predicted molar refractivity (Wildman–Crippen MR) is 140 cm³/mol. The van der Waals surface area contributed by atoms with Gasteiger partial charge in [0.15, 0.2) is 0 Å². The lowest BCUT2D eigenvalue weighted by molar-refractivity contribution is 0.0733. The summed E-state index contributed by atoms with van der Waals surface area (Å²) in [4.78, 5) is 2.16. The highest BCUT2D eigenvalue weighted by Crippen LogP contribution is 2.34. The number of sulfonamides is 1. The second-order valence-corrected chi connectivity index (χ2v) is 12.0. The maximum atomic E-state index is 13.6. The van der Waals surface area contributed by atoms with Crippen LogP contribution < -0.4 is 4.74 Å². The molecule has 1 aliphatic rings. The first kappa shape index (κ1) is 28.1. The first-order chi connectivity index (χ1) is 17.0. The number of rotatable bonds is 7. The molecule has 0 bridgehead atoms. The van der Waals surface area contributed by atoms with Crippen LogP contribution in [0.15, 0.2) is 47.4 Å². The number of nitrogens with zero attached hydrogens (tertiary/aromatic N) is 2. The Balaban J connectivity index is 1.95. The summed E-state index contributed by atoms with van der Waals surface area (Å²) in [6.07, 6.45) is 0.420. The Bertz CT molecular complexity index is 1190. The molecule has 1 aliphatic heterocycles. The molecule has 0 radical (unpaired) electrons. The molecule has 3 atom stereocenters. The van der Waals surface area contributed by atoms with Crippen LogP contribution in [0.4, 0.5) is 4.39 Å². The van der Waals surface area contributed by atoms with Crippen molar-refractivity contribution in [3.8, 4) is 17.6 Å². The van der Waals surface area contributed by atoms with Crippen LogP contribution in [0.2, 0.25) is 0 Å². The Labute approximate surface area is 215 Å². The second kappa shape index (κ2) is 12.2. The summed E-state index contributed by atoms with van der Waals surface area (Å²) in [7, 11) is -1.93. The Morgan fingerprint density at radius 3 is 2.53 bits per heavy atom. The third kappa shape index (κ3) is 7.07. The molecule has 0 saturated carbocycles. The zero-order chi connectivity index (χ0) is 26.5. The Morgan fingerprint density at radius 1 is 1.19 bits per heavy atom. The smallest absolute Gasteiger partial charge is 0.247 e. The van der Waals surface area contributed by atoms with Gasteiger partial charge >= 0.3 is 0 Å². The van der Waals surface area contributed by atoms with E-state index in [1.807, 2.05) is 14.0 Å². The van der Waals surface area contributed by atoms with E-state index >= 15 is 0 Å². The molecule has 2 aromatic rings. The fourth-order valence-electron chi connectivity index (χ4n) is 4.15. The number of fused-ring (bicyclic) bond motifs is 1. The van der Waals surface area contributed by atoms with E-state index < -0.39 is 16.1 Å². The molecule has 2 aromatic carbocycles. The van der Waals surface area contributed by atoms with Crippen LogP contribution in [-0.4, -0.2) is 61.6 Å². The zero-order valence-corrected chi connectivity index (χ0v) is 22.6. The van der Waals surface area contributed by atoms with Gasteiger partial charge in [-0.05, 0) is 55.8 Å². The SMILES string of the molecule is CC(C)CC#Cc1ccc2c(c1)O[C@H](CN(C)Cc1ccc(F)cc1)[C@@H](C)CN([C@H](C)CO)S2(=O)=O. The van der Waals surface area contributed by atoms with Crippen molar-refractivity contribution in [2.24, 2.45) is 11.8 Å². The van der Waals surface area contributed by atoms with Crippen LogP contribution >= 0.6 is 0 Å². The van der Waals surface area contributed by atoms with Gasteiger partial charge in [0, 0.05) is 43.6 Å². The van der Waals surface area contributed by atoms with Gasteiger partial charge in [-0.2, -0.15) is 4.31 Å². The van der Waals surface area contributed by atoms with Crippen molar-refractivity contribution >= 4 is 10.0 Å². The van der Waals surface area contributed by atoms with Crippen LogP contribution in [0.3, 0.4) is 0 Å². The van der Waals surface area contributed by atoms with E-state index in [2.05, 4.69) is 30.6 Å². The summed E-state index contributed by atoms with van der Waals surface area (Å²) in [6, 6.07) is 10.8. The molecule has 3 rings (SSSR count). The Kier molecular flexibility index (Phi) is 9.53. The van der Waals surface area contributed by atoms with Gasteiger partial charge in [0.05, 0.1) is 6.61 Å². The number of ether oxygens (including phenoxy) is 1. The summed E-state index contributed by atoms with van der Waals surface area (Å²) < 4.78 is 48.3. The van der Waals surface area contributed by atoms with Gasteiger partial charge in [0.25, 0.3) is 0 Å². The molecule has 0 aliphatic carbocycles. The lowest BCUT2D eigenvalue weighted by Gasteiger charge is -2.37. The standard InChI is InChI=1S/C28H37FN2O4S/c1-20(2)7-6-8-23-11-14-28-26(15-23)35-27(18-30(5)17-24-9-12-25(29)13-10-24)21(3)16-31(22(4)19-32)36(28,33)34/h9-15,20-22,27,32H,7,16-19H2,1-5H3/t21-,22+,27+/m0/s1. The van der Waals surface area contributed by atoms with Crippen molar-refractivity contribution in [1.29, 1.82) is 0 Å². The van der Waals surface area contributed by atoms with E-state index in [1.165, 1.54) is 16.4 Å². The summed E-state index contributed by atoms with van der Waals surface area (Å²) >= 11 is 0. The highest BCUT2D eigenvalue weighted by molar-refractivity contribution is 7.89. The first-order valence-electron chi connectivity index (χ1n) is 12.4. The normalized spacial score (nSPS) is 20.6. The van der Waals surface area contributed by atoms with E-state index in [9.17, 15) is 17.9 Å². The summed E-state index contributed by atoms with van der Waals surface area (Å²) in [6.45, 7) is 8.91. The third-order valence-corrected chi connectivity index (χ3v) is 8.29. The van der Waals surface area contributed by atoms with Crippen molar-refractivity contribution in [2.45, 2.75) is 57.7 Å². The number of likely N-dealkylation sites (N-methyl/N-ethyl adjacent to an activating group) is 1. The van der Waals surface area contributed by atoms with Gasteiger partial charge < -0.3 is 9.84 Å². The van der Waals surface area contributed by atoms with E-state index in [-0.39, 0.29) is 41.6 Å². The van der Waals surface area contributed by atoms with E-state index in [0.29, 0.717) is 24.6 Å². The third-order valence-electron chi connectivity index (χ3n) is 6.27. The number of aliphatic hydroxyl groups is 1. The molecule has 0 unspecified atom stereocenters. The zero-order valence-electron chi connectivity index (χ0n) is 21.7. The predicted octanol–water partition coefficient (Wildman–Crippen LogP) is 4.12. The minimum absolute atomic E-state index is 0.0790. The number of halogens is 1. The molecule has 6 nitrogen and oxygen atoms in total. The van der Waals surface area contributed by atoms with Gasteiger partial charge in [-0.1, -0.05) is 44.7 Å². The van der Waals surface area contributed by atoms with Crippen molar-refractivity contribution in [2.75, 3.05) is 26.7 Å². The number of hydrogen-bond acceptors (Lipinski definition) is 5. The van der Waals surface area contributed by atoms with E-state index in [0.717, 1.165) is 12.0 Å². The molecule has 0 aromatic heterocycles. The molecule has 8 heteroatoms. The van der Waals surface area contributed by atoms with Gasteiger partial charge in [0.2, 0.25) is 10.0 Å². The van der Waals surface area contributed by atoms with Crippen molar-refractivity contribution in [1.82, 2.24) is 9.21 Å². The van der Waals surface area contributed by atoms with Gasteiger partial charge in [-0.3, -0.25) is 4.90 Å². The van der Waals surface area contributed by atoms with Gasteiger partial charge in [-0.15, -0.1) is 0 Å². The molecule has 0 fully saturated rings. The fourth-order valence-corrected chi connectivity index (χ4v) is 5.98.